The molecule has 2 N–H and O–H groups in total. The molecular formula is C12H15BrN4. The Kier molecular flexibility index (Phi) is 3.47. The number of anilines is 1. The van der Waals surface area contributed by atoms with Gasteiger partial charge in [-0.1, -0.05) is 6.92 Å². The number of rotatable bonds is 3. The topological polar surface area (TPSA) is 56.7 Å². The number of nitrogens with two attached hydrogens (primary N) is 1. The van der Waals surface area contributed by atoms with E-state index in [1.165, 1.54) is 0 Å². The van der Waals surface area contributed by atoms with Crippen LogP contribution < -0.4 is 5.73 Å². The Morgan fingerprint density at radius 2 is 2.18 bits per heavy atom. The zero-order valence-electron chi connectivity index (χ0n) is 9.94. The van der Waals surface area contributed by atoms with Gasteiger partial charge in [-0.15, -0.1) is 0 Å². The molecule has 0 saturated heterocycles. The second-order valence-electron chi connectivity index (χ2n) is 3.94. The molecule has 0 fully saturated rings. The summed E-state index contributed by atoms with van der Waals surface area (Å²) in [5.41, 5.74) is 7.88. The molecule has 0 aliphatic heterocycles. The predicted molar refractivity (Wildman–Crippen MR) is 72.6 cm³/mol. The summed E-state index contributed by atoms with van der Waals surface area (Å²) in [5.74, 6) is 1.66. The van der Waals surface area contributed by atoms with E-state index in [-0.39, 0.29) is 0 Å². The average Bonchev–Trinajstić information content (AvgIpc) is 2.57. The van der Waals surface area contributed by atoms with Gasteiger partial charge in [0.1, 0.15) is 17.3 Å². The Labute approximate surface area is 109 Å². The molecule has 0 aliphatic carbocycles. The minimum atomic E-state index is 0.712. The van der Waals surface area contributed by atoms with Crippen molar-refractivity contribution in [3.8, 4) is 11.3 Å². The van der Waals surface area contributed by atoms with Crippen molar-refractivity contribution in [1.29, 1.82) is 0 Å². The van der Waals surface area contributed by atoms with Crippen LogP contribution in [0.5, 0.6) is 0 Å². The molecule has 90 valence electrons. The van der Waals surface area contributed by atoms with Crippen LogP contribution in [0.25, 0.3) is 11.3 Å². The van der Waals surface area contributed by atoms with Crippen molar-refractivity contribution in [1.82, 2.24) is 14.5 Å². The smallest absolute Gasteiger partial charge is 0.131 e. The maximum absolute atomic E-state index is 6.13. The third-order valence-corrected chi connectivity index (χ3v) is 3.06. The molecule has 0 radical (unpaired) electrons. The van der Waals surface area contributed by atoms with Crippen molar-refractivity contribution in [2.45, 2.75) is 26.8 Å². The number of imidazole rings is 1. The summed E-state index contributed by atoms with van der Waals surface area (Å²) in [6, 6.07) is 1.97. The number of hydrogen-bond donors (Lipinski definition) is 1. The molecule has 0 amide bonds. The van der Waals surface area contributed by atoms with E-state index in [0.717, 1.165) is 34.5 Å². The van der Waals surface area contributed by atoms with E-state index < -0.39 is 0 Å². The van der Waals surface area contributed by atoms with Gasteiger partial charge in [0.2, 0.25) is 0 Å². The zero-order chi connectivity index (χ0) is 12.4. The van der Waals surface area contributed by atoms with E-state index in [9.17, 15) is 0 Å². The monoisotopic (exact) mass is 294 g/mol. The van der Waals surface area contributed by atoms with Gasteiger partial charge in [0.05, 0.1) is 0 Å². The molecule has 17 heavy (non-hydrogen) atoms. The van der Waals surface area contributed by atoms with E-state index in [1.54, 1.807) is 12.4 Å². The third-order valence-electron chi connectivity index (χ3n) is 2.62. The van der Waals surface area contributed by atoms with E-state index in [0.29, 0.717) is 5.82 Å². The summed E-state index contributed by atoms with van der Waals surface area (Å²) in [5, 5.41) is 0. The lowest BCUT2D eigenvalue weighted by Gasteiger charge is -2.05. The largest absolute Gasteiger partial charge is 0.383 e. The highest BCUT2D eigenvalue weighted by Gasteiger charge is 2.13. The van der Waals surface area contributed by atoms with Gasteiger partial charge < -0.3 is 10.3 Å². The zero-order valence-corrected chi connectivity index (χ0v) is 11.5. The molecule has 0 aromatic carbocycles. The highest BCUT2D eigenvalue weighted by atomic mass is 79.9. The fraction of sp³-hybridized carbons (Fsp3) is 0.333. The van der Waals surface area contributed by atoms with Crippen LogP contribution in [0.15, 0.2) is 22.9 Å². The molecule has 0 atom stereocenters. The quantitative estimate of drug-likeness (QED) is 0.947. The van der Waals surface area contributed by atoms with Crippen LogP contribution in [0.2, 0.25) is 0 Å². The highest BCUT2D eigenvalue weighted by molar-refractivity contribution is 9.10. The molecular weight excluding hydrogens is 280 g/mol. The Morgan fingerprint density at radius 3 is 2.82 bits per heavy atom. The van der Waals surface area contributed by atoms with Crippen molar-refractivity contribution in [2.75, 3.05) is 5.73 Å². The number of pyridine rings is 1. The maximum atomic E-state index is 6.13. The Balaban J connectivity index is 2.50. The van der Waals surface area contributed by atoms with Gasteiger partial charge in [-0.05, 0) is 35.3 Å². The minimum Gasteiger partial charge on any atom is -0.383 e. The molecule has 0 unspecified atom stereocenters. The normalized spacial score (nSPS) is 10.8. The van der Waals surface area contributed by atoms with Crippen molar-refractivity contribution in [2.24, 2.45) is 0 Å². The first kappa shape index (κ1) is 12.1. The second kappa shape index (κ2) is 4.87. The summed E-state index contributed by atoms with van der Waals surface area (Å²) >= 11 is 3.40. The van der Waals surface area contributed by atoms with Crippen molar-refractivity contribution in [3.05, 3.63) is 28.8 Å². The second-order valence-corrected chi connectivity index (χ2v) is 4.85. The van der Waals surface area contributed by atoms with Gasteiger partial charge in [-0.3, -0.25) is 4.98 Å². The number of aryl methyl sites for hydroxylation is 1. The van der Waals surface area contributed by atoms with Crippen LogP contribution >= 0.6 is 15.9 Å². The van der Waals surface area contributed by atoms with Crippen LogP contribution in [0.4, 0.5) is 5.82 Å². The summed E-state index contributed by atoms with van der Waals surface area (Å²) in [7, 11) is 0. The first-order valence-corrected chi connectivity index (χ1v) is 6.36. The summed E-state index contributed by atoms with van der Waals surface area (Å²) < 4.78 is 2.97. The van der Waals surface area contributed by atoms with Crippen LogP contribution in [0.3, 0.4) is 0 Å². The van der Waals surface area contributed by atoms with E-state index in [1.807, 2.05) is 17.6 Å². The fourth-order valence-electron chi connectivity index (χ4n) is 1.84. The van der Waals surface area contributed by atoms with Gasteiger partial charge in [-0.2, -0.15) is 0 Å². The number of halogens is 1. The standard InChI is InChI=1S/C12H15BrN4/c1-3-4-17-8(2)16-11(12(17)14)9-5-10(13)7-15-6-9/h5-7H,3-4,14H2,1-2H3. The molecule has 2 heterocycles. The van der Waals surface area contributed by atoms with Crippen molar-refractivity contribution < 1.29 is 0 Å². The molecule has 5 heteroatoms. The van der Waals surface area contributed by atoms with Crippen molar-refractivity contribution in [3.63, 3.8) is 0 Å². The van der Waals surface area contributed by atoms with Gasteiger partial charge in [0.25, 0.3) is 0 Å². The Bertz CT molecular complexity index is 533. The highest BCUT2D eigenvalue weighted by Crippen LogP contribution is 2.27. The van der Waals surface area contributed by atoms with Crippen LogP contribution in [0.1, 0.15) is 19.2 Å². The number of nitrogens with zero attached hydrogens (tertiary/aromatic N) is 3. The Morgan fingerprint density at radius 1 is 1.41 bits per heavy atom. The number of hydrogen-bond acceptors (Lipinski definition) is 3. The summed E-state index contributed by atoms with van der Waals surface area (Å²) in [4.78, 5) is 8.65. The number of nitrogen functional groups attached to an aromatic ring is 1. The summed E-state index contributed by atoms with van der Waals surface area (Å²) in [6.45, 7) is 4.99. The molecule has 0 aliphatic rings. The molecule has 2 aromatic heterocycles. The fourth-order valence-corrected chi connectivity index (χ4v) is 2.21. The van der Waals surface area contributed by atoms with Gasteiger partial charge in [0.15, 0.2) is 0 Å². The third kappa shape index (κ3) is 2.34. The van der Waals surface area contributed by atoms with E-state index in [4.69, 9.17) is 5.73 Å². The molecule has 0 bridgehead atoms. The van der Waals surface area contributed by atoms with Crippen LogP contribution in [-0.4, -0.2) is 14.5 Å². The first-order valence-electron chi connectivity index (χ1n) is 5.57. The molecule has 0 saturated carbocycles. The van der Waals surface area contributed by atoms with Crippen LogP contribution in [-0.2, 0) is 6.54 Å². The van der Waals surface area contributed by atoms with E-state index in [2.05, 4.69) is 32.8 Å². The molecule has 2 aromatic rings. The maximum Gasteiger partial charge on any atom is 0.131 e. The van der Waals surface area contributed by atoms with Gasteiger partial charge >= 0.3 is 0 Å². The average molecular weight is 295 g/mol. The van der Waals surface area contributed by atoms with Crippen molar-refractivity contribution >= 4 is 21.7 Å². The number of aromatic nitrogens is 3. The molecule has 4 nitrogen and oxygen atoms in total. The lowest BCUT2D eigenvalue weighted by atomic mass is 10.2. The lowest BCUT2D eigenvalue weighted by molar-refractivity contribution is 0.665. The predicted octanol–water partition coefficient (Wildman–Crippen LogP) is 3.01. The lowest BCUT2D eigenvalue weighted by Crippen LogP contribution is -2.04. The molecule has 2 rings (SSSR count). The first-order chi connectivity index (χ1) is 8.13. The minimum absolute atomic E-state index is 0.712. The summed E-state index contributed by atoms with van der Waals surface area (Å²) in [6.07, 6.45) is 4.56. The van der Waals surface area contributed by atoms with Crippen LogP contribution in [0, 0.1) is 6.92 Å². The van der Waals surface area contributed by atoms with Gasteiger partial charge in [0, 0.05) is 29.0 Å². The van der Waals surface area contributed by atoms with Gasteiger partial charge in [-0.25, -0.2) is 4.98 Å². The molecule has 0 spiro atoms. The van der Waals surface area contributed by atoms with E-state index >= 15 is 0 Å². The SMILES string of the molecule is CCCn1c(C)nc(-c2cncc(Br)c2)c1N. The Hall–Kier alpha value is -1.36.